The molecule has 1 aromatic rings. The zero-order chi connectivity index (χ0) is 15.5. The van der Waals surface area contributed by atoms with Crippen molar-refractivity contribution in [1.29, 1.82) is 0 Å². The van der Waals surface area contributed by atoms with Crippen LogP contribution in [0.15, 0.2) is 29.2 Å². The second kappa shape index (κ2) is 6.55. The molecule has 6 nitrogen and oxygen atoms in total. The Morgan fingerprint density at radius 2 is 1.95 bits per heavy atom. The van der Waals surface area contributed by atoms with Crippen LogP contribution in [-0.2, 0) is 14.8 Å². The molecule has 1 aliphatic heterocycles. The van der Waals surface area contributed by atoms with Crippen molar-refractivity contribution in [3.8, 4) is 0 Å². The standard InChI is InChI=1S/C14H20N2O4S/c1-11(2)15-14(17)12-4-3-5-13(10-12)21(18,19)16-6-8-20-9-7-16/h3-5,10-11H,6-9H2,1-2H3,(H,15,17). The van der Waals surface area contributed by atoms with E-state index in [0.29, 0.717) is 31.9 Å². The molecule has 0 radical (unpaired) electrons. The Kier molecular flexibility index (Phi) is 4.97. The van der Waals surface area contributed by atoms with Gasteiger partial charge < -0.3 is 10.1 Å². The summed E-state index contributed by atoms with van der Waals surface area (Å²) in [6, 6.07) is 6.12. The monoisotopic (exact) mass is 312 g/mol. The minimum Gasteiger partial charge on any atom is -0.379 e. The molecule has 116 valence electrons. The summed E-state index contributed by atoms with van der Waals surface area (Å²) in [7, 11) is -3.57. The first kappa shape index (κ1) is 15.9. The number of ether oxygens (including phenoxy) is 1. The highest BCUT2D eigenvalue weighted by Crippen LogP contribution is 2.18. The van der Waals surface area contributed by atoms with Crippen LogP contribution in [0.2, 0.25) is 0 Å². The van der Waals surface area contributed by atoms with Crippen LogP contribution in [0.4, 0.5) is 0 Å². The Labute approximate surface area is 125 Å². The van der Waals surface area contributed by atoms with Crippen LogP contribution >= 0.6 is 0 Å². The Balaban J connectivity index is 2.25. The van der Waals surface area contributed by atoms with Gasteiger partial charge in [-0.05, 0) is 32.0 Å². The van der Waals surface area contributed by atoms with E-state index in [0.717, 1.165) is 0 Å². The molecule has 0 unspecified atom stereocenters. The number of carbonyl (C=O) groups is 1. The number of nitrogens with one attached hydrogen (secondary N) is 1. The maximum Gasteiger partial charge on any atom is 0.251 e. The smallest absolute Gasteiger partial charge is 0.251 e. The molecule has 0 bridgehead atoms. The highest BCUT2D eigenvalue weighted by molar-refractivity contribution is 7.89. The molecule has 1 fully saturated rings. The summed E-state index contributed by atoms with van der Waals surface area (Å²) in [6.45, 7) is 5.17. The second-order valence-corrected chi connectivity index (χ2v) is 7.11. The first-order valence-electron chi connectivity index (χ1n) is 6.90. The second-order valence-electron chi connectivity index (χ2n) is 5.17. The van der Waals surface area contributed by atoms with E-state index in [1.165, 1.54) is 16.4 Å². The fourth-order valence-corrected chi connectivity index (χ4v) is 3.53. The number of hydrogen-bond acceptors (Lipinski definition) is 4. The summed E-state index contributed by atoms with van der Waals surface area (Å²) < 4.78 is 31.6. The third kappa shape index (κ3) is 3.81. The Hall–Kier alpha value is -1.44. The van der Waals surface area contributed by atoms with E-state index in [1.807, 2.05) is 13.8 Å². The fraction of sp³-hybridized carbons (Fsp3) is 0.500. The minimum absolute atomic E-state index is 0.00277. The third-order valence-electron chi connectivity index (χ3n) is 3.12. The Morgan fingerprint density at radius 3 is 2.57 bits per heavy atom. The number of morpholine rings is 1. The predicted octanol–water partition coefficient (Wildman–Crippen LogP) is 0.846. The average Bonchev–Trinajstić information content (AvgIpc) is 2.47. The summed E-state index contributed by atoms with van der Waals surface area (Å²) in [5.74, 6) is -0.274. The van der Waals surface area contributed by atoms with Crippen molar-refractivity contribution in [2.45, 2.75) is 24.8 Å². The number of benzene rings is 1. The Morgan fingerprint density at radius 1 is 1.29 bits per heavy atom. The summed E-state index contributed by atoms with van der Waals surface area (Å²) in [5.41, 5.74) is 0.345. The first-order chi connectivity index (χ1) is 9.91. The maximum absolute atomic E-state index is 12.5. The van der Waals surface area contributed by atoms with Crippen LogP contribution in [0.1, 0.15) is 24.2 Å². The topological polar surface area (TPSA) is 75.7 Å². The van der Waals surface area contributed by atoms with E-state index in [1.54, 1.807) is 12.1 Å². The van der Waals surface area contributed by atoms with Crippen LogP contribution in [0, 0.1) is 0 Å². The first-order valence-corrected chi connectivity index (χ1v) is 8.34. The van der Waals surface area contributed by atoms with Gasteiger partial charge in [0, 0.05) is 24.7 Å². The summed E-state index contributed by atoms with van der Waals surface area (Å²) in [6.07, 6.45) is 0. The summed E-state index contributed by atoms with van der Waals surface area (Å²) in [5, 5.41) is 2.75. The fourth-order valence-electron chi connectivity index (χ4n) is 2.08. The van der Waals surface area contributed by atoms with Gasteiger partial charge in [0.15, 0.2) is 0 Å². The molecule has 1 heterocycles. The summed E-state index contributed by atoms with van der Waals surface area (Å²) >= 11 is 0. The predicted molar refractivity (Wildman–Crippen MR) is 78.6 cm³/mol. The molecule has 21 heavy (non-hydrogen) atoms. The van der Waals surface area contributed by atoms with Gasteiger partial charge in [0.25, 0.3) is 5.91 Å². The van der Waals surface area contributed by atoms with Crippen molar-refractivity contribution in [2.75, 3.05) is 26.3 Å². The van der Waals surface area contributed by atoms with Gasteiger partial charge in [-0.3, -0.25) is 4.79 Å². The minimum atomic E-state index is -3.57. The molecule has 7 heteroatoms. The lowest BCUT2D eigenvalue weighted by molar-refractivity contribution is 0.0730. The highest BCUT2D eigenvalue weighted by atomic mass is 32.2. The summed E-state index contributed by atoms with van der Waals surface area (Å²) in [4.78, 5) is 12.1. The van der Waals surface area contributed by atoms with Crippen LogP contribution in [0.25, 0.3) is 0 Å². The molecule has 0 aliphatic carbocycles. The highest BCUT2D eigenvalue weighted by Gasteiger charge is 2.26. The molecule has 2 rings (SSSR count). The molecule has 1 aromatic carbocycles. The van der Waals surface area contributed by atoms with Gasteiger partial charge in [-0.1, -0.05) is 6.07 Å². The average molecular weight is 312 g/mol. The molecular formula is C14H20N2O4S. The number of hydrogen-bond donors (Lipinski definition) is 1. The molecule has 1 amide bonds. The van der Waals surface area contributed by atoms with Crippen molar-refractivity contribution in [3.05, 3.63) is 29.8 Å². The molecule has 0 aromatic heterocycles. The van der Waals surface area contributed by atoms with Crippen molar-refractivity contribution < 1.29 is 17.9 Å². The number of carbonyl (C=O) groups excluding carboxylic acids is 1. The van der Waals surface area contributed by atoms with Crippen LogP contribution in [0.5, 0.6) is 0 Å². The van der Waals surface area contributed by atoms with Crippen molar-refractivity contribution >= 4 is 15.9 Å². The maximum atomic E-state index is 12.5. The quantitative estimate of drug-likeness (QED) is 0.894. The molecule has 0 saturated carbocycles. The number of sulfonamides is 1. The van der Waals surface area contributed by atoms with E-state index in [-0.39, 0.29) is 16.8 Å². The lowest BCUT2D eigenvalue weighted by atomic mass is 10.2. The van der Waals surface area contributed by atoms with E-state index in [9.17, 15) is 13.2 Å². The lowest BCUT2D eigenvalue weighted by Crippen LogP contribution is -2.40. The van der Waals surface area contributed by atoms with Gasteiger partial charge >= 0.3 is 0 Å². The number of nitrogens with zero attached hydrogens (tertiary/aromatic N) is 1. The van der Waals surface area contributed by atoms with Gasteiger partial charge in [-0.25, -0.2) is 8.42 Å². The van der Waals surface area contributed by atoms with Gasteiger partial charge in [0.1, 0.15) is 0 Å². The molecule has 0 atom stereocenters. The van der Waals surface area contributed by atoms with E-state index < -0.39 is 10.0 Å². The van der Waals surface area contributed by atoms with Crippen LogP contribution < -0.4 is 5.32 Å². The van der Waals surface area contributed by atoms with Gasteiger partial charge in [0.2, 0.25) is 10.0 Å². The number of amides is 1. The zero-order valence-electron chi connectivity index (χ0n) is 12.2. The molecule has 1 saturated heterocycles. The van der Waals surface area contributed by atoms with Gasteiger partial charge in [-0.2, -0.15) is 4.31 Å². The normalized spacial score (nSPS) is 16.9. The van der Waals surface area contributed by atoms with Crippen molar-refractivity contribution in [2.24, 2.45) is 0 Å². The van der Waals surface area contributed by atoms with E-state index >= 15 is 0 Å². The molecule has 0 spiro atoms. The molecule has 1 aliphatic rings. The Bertz CT molecular complexity index is 607. The van der Waals surface area contributed by atoms with Gasteiger partial charge in [-0.15, -0.1) is 0 Å². The van der Waals surface area contributed by atoms with E-state index in [2.05, 4.69) is 5.32 Å². The molecular weight excluding hydrogens is 292 g/mol. The van der Waals surface area contributed by atoms with Crippen LogP contribution in [0.3, 0.4) is 0 Å². The third-order valence-corrected chi connectivity index (χ3v) is 5.02. The van der Waals surface area contributed by atoms with E-state index in [4.69, 9.17) is 4.74 Å². The lowest BCUT2D eigenvalue weighted by Gasteiger charge is -2.26. The SMILES string of the molecule is CC(C)NC(=O)c1cccc(S(=O)(=O)N2CCOCC2)c1. The van der Waals surface area contributed by atoms with Gasteiger partial charge in [0.05, 0.1) is 18.1 Å². The van der Waals surface area contributed by atoms with Crippen molar-refractivity contribution in [1.82, 2.24) is 9.62 Å². The largest absolute Gasteiger partial charge is 0.379 e. The van der Waals surface area contributed by atoms with Crippen LogP contribution in [-0.4, -0.2) is 51.0 Å². The van der Waals surface area contributed by atoms with Crippen molar-refractivity contribution in [3.63, 3.8) is 0 Å². The zero-order valence-corrected chi connectivity index (χ0v) is 13.0. The molecule has 1 N–H and O–H groups in total. The number of rotatable bonds is 4.